The number of halogens is 2. The van der Waals surface area contributed by atoms with Gasteiger partial charge in [0.05, 0.1) is 24.9 Å². The maximum atomic E-state index is 6.30. The van der Waals surface area contributed by atoms with E-state index < -0.39 is 0 Å². The molecule has 0 heterocycles. The van der Waals surface area contributed by atoms with Crippen molar-refractivity contribution in [2.75, 3.05) is 14.2 Å². The normalized spacial score (nSPS) is 11.7. The van der Waals surface area contributed by atoms with Gasteiger partial charge in [-0.15, -0.1) is 0 Å². The monoisotopic (exact) mass is 350 g/mol. The summed E-state index contributed by atoms with van der Waals surface area (Å²) in [6, 6.07) is 10.7. The van der Waals surface area contributed by atoms with Crippen LogP contribution in [0.15, 0.2) is 47.5 Å². The van der Waals surface area contributed by atoms with Crippen molar-refractivity contribution in [2.45, 2.75) is 0 Å². The molecule has 120 valence electrons. The Hall–Kier alpha value is -2.17. The number of methoxy groups -OCH3 is 2. The van der Waals surface area contributed by atoms with E-state index in [1.54, 1.807) is 49.6 Å². The van der Waals surface area contributed by atoms with Gasteiger partial charge in [0.25, 0.3) is 0 Å². The van der Waals surface area contributed by atoms with Gasteiger partial charge in [-0.25, -0.2) is 4.99 Å². The number of hydrogen-bond acceptors (Lipinski definition) is 3. The first-order valence-corrected chi connectivity index (χ1v) is 7.49. The molecule has 2 N–H and O–H groups in total. The van der Waals surface area contributed by atoms with Crippen LogP contribution in [0.4, 0.5) is 5.69 Å². The second-order valence-electron chi connectivity index (χ2n) is 4.55. The summed E-state index contributed by atoms with van der Waals surface area (Å²) < 4.78 is 10.5. The summed E-state index contributed by atoms with van der Waals surface area (Å²) in [6.45, 7) is 0. The molecule has 0 saturated carbocycles. The zero-order valence-electron chi connectivity index (χ0n) is 12.7. The van der Waals surface area contributed by atoms with Crippen LogP contribution < -0.4 is 15.2 Å². The van der Waals surface area contributed by atoms with E-state index in [0.717, 1.165) is 11.3 Å². The summed E-state index contributed by atoms with van der Waals surface area (Å²) in [5.74, 6) is 1.39. The lowest BCUT2D eigenvalue weighted by molar-refractivity contribution is 0.355. The molecular formula is C17H16Cl2N2O2. The molecule has 2 rings (SSSR count). The summed E-state index contributed by atoms with van der Waals surface area (Å²) in [5.41, 5.74) is 7.37. The Kier molecular flexibility index (Phi) is 5.90. The molecule has 4 nitrogen and oxygen atoms in total. The van der Waals surface area contributed by atoms with E-state index in [4.69, 9.17) is 38.4 Å². The quantitative estimate of drug-likeness (QED) is 0.627. The lowest BCUT2D eigenvalue weighted by atomic mass is 10.2. The molecule has 0 aliphatic heterocycles. The van der Waals surface area contributed by atoms with Crippen LogP contribution in [0.2, 0.25) is 10.0 Å². The lowest BCUT2D eigenvalue weighted by Crippen LogP contribution is -2.06. The van der Waals surface area contributed by atoms with Crippen molar-refractivity contribution >= 4 is 40.8 Å². The van der Waals surface area contributed by atoms with Gasteiger partial charge < -0.3 is 15.2 Å². The Balaban J connectivity index is 2.24. The Morgan fingerprint density at radius 3 is 2.35 bits per heavy atom. The molecule has 0 unspecified atom stereocenters. The maximum absolute atomic E-state index is 6.30. The fourth-order valence-electron chi connectivity index (χ4n) is 1.91. The van der Waals surface area contributed by atoms with E-state index in [9.17, 15) is 0 Å². The zero-order valence-corrected chi connectivity index (χ0v) is 14.2. The number of aliphatic imine (C=N–C) groups is 1. The van der Waals surface area contributed by atoms with Gasteiger partial charge in [-0.3, -0.25) is 0 Å². The second kappa shape index (κ2) is 7.90. The SMILES string of the molecule is COc1ccc(C=CC(N)=Nc2ccc(Cl)cc2)c(Cl)c1OC. The lowest BCUT2D eigenvalue weighted by Gasteiger charge is -2.10. The third kappa shape index (κ3) is 4.41. The van der Waals surface area contributed by atoms with Crippen LogP contribution in [0, 0.1) is 0 Å². The van der Waals surface area contributed by atoms with Crippen LogP contribution in [-0.2, 0) is 0 Å². The van der Waals surface area contributed by atoms with E-state index in [0.29, 0.717) is 27.4 Å². The van der Waals surface area contributed by atoms with Crippen molar-refractivity contribution in [1.29, 1.82) is 0 Å². The molecule has 0 radical (unpaired) electrons. The zero-order chi connectivity index (χ0) is 16.8. The van der Waals surface area contributed by atoms with Crippen LogP contribution in [0.1, 0.15) is 5.56 Å². The molecule has 0 atom stereocenters. The number of nitrogens with zero attached hydrogens (tertiary/aromatic N) is 1. The van der Waals surface area contributed by atoms with Gasteiger partial charge in [-0.2, -0.15) is 0 Å². The van der Waals surface area contributed by atoms with E-state index in [1.165, 1.54) is 7.11 Å². The highest BCUT2D eigenvalue weighted by Gasteiger charge is 2.11. The fraction of sp³-hybridized carbons (Fsp3) is 0.118. The number of hydrogen-bond donors (Lipinski definition) is 1. The molecule has 23 heavy (non-hydrogen) atoms. The Bertz CT molecular complexity index is 741. The van der Waals surface area contributed by atoms with Gasteiger partial charge in [0.2, 0.25) is 0 Å². The molecule has 2 aromatic rings. The van der Waals surface area contributed by atoms with Gasteiger partial charge in [-0.1, -0.05) is 23.2 Å². The number of nitrogens with two attached hydrogens (primary N) is 1. The van der Waals surface area contributed by atoms with Crippen LogP contribution in [0.25, 0.3) is 6.08 Å². The first-order valence-electron chi connectivity index (χ1n) is 6.73. The van der Waals surface area contributed by atoms with Gasteiger partial charge in [0.1, 0.15) is 5.84 Å². The minimum atomic E-state index is 0.346. The molecule has 6 heteroatoms. The number of rotatable bonds is 5. The third-order valence-electron chi connectivity index (χ3n) is 3.03. The first kappa shape index (κ1) is 17.2. The van der Waals surface area contributed by atoms with Crippen LogP contribution in [-0.4, -0.2) is 20.1 Å². The fourth-order valence-corrected chi connectivity index (χ4v) is 2.33. The van der Waals surface area contributed by atoms with E-state index in [1.807, 2.05) is 6.07 Å². The largest absolute Gasteiger partial charge is 0.493 e. The smallest absolute Gasteiger partial charge is 0.179 e. The first-order chi connectivity index (χ1) is 11.0. The van der Waals surface area contributed by atoms with Crippen LogP contribution >= 0.6 is 23.2 Å². The highest BCUT2D eigenvalue weighted by atomic mass is 35.5. The molecule has 0 aromatic heterocycles. The highest BCUT2D eigenvalue weighted by Crippen LogP contribution is 2.37. The molecule has 0 aliphatic rings. The van der Waals surface area contributed by atoms with Crippen molar-refractivity contribution in [3.8, 4) is 11.5 Å². The molecule has 0 bridgehead atoms. The molecule has 2 aromatic carbocycles. The summed E-state index contributed by atoms with van der Waals surface area (Å²) in [7, 11) is 3.09. The molecular weight excluding hydrogens is 335 g/mol. The van der Waals surface area contributed by atoms with Crippen LogP contribution in [0.5, 0.6) is 11.5 Å². The molecule has 0 amide bonds. The standard InChI is InChI=1S/C17H16Cl2N2O2/c1-22-14-9-3-11(16(19)17(14)23-2)4-10-15(20)21-13-7-5-12(18)6-8-13/h3-10H,1-2H3,(H2,20,21). The maximum Gasteiger partial charge on any atom is 0.179 e. The minimum absolute atomic E-state index is 0.346. The van der Waals surface area contributed by atoms with Crippen molar-refractivity contribution in [1.82, 2.24) is 0 Å². The van der Waals surface area contributed by atoms with Gasteiger partial charge in [0.15, 0.2) is 11.5 Å². The topological polar surface area (TPSA) is 56.8 Å². The van der Waals surface area contributed by atoms with E-state index >= 15 is 0 Å². The molecule has 0 spiro atoms. The van der Waals surface area contributed by atoms with Crippen molar-refractivity contribution < 1.29 is 9.47 Å². The Labute approximate surface area is 145 Å². The highest BCUT2D eigenvalue weighted by molar-refractivity contribution is 6.34. The number of ether oxygens (including phenoxy) is 2. The predicted molar refractivity (Wildman–Crippen MR) is 96.3 cm³/mol. The predicted octanol–water partition coefficient (Wildman–Crippen LogP) is 4.71. The molecule has 0 fully saturated rings. The molecule has 0 saturated heterocycles. The van der Waals surface area contributed by atoms with Gasteiger partial charge in [-0.05, 0) is 54.1 Å². The van der Waals surface area contributed by atoms with Crippen molar-refractivity contribution in [3.05, 3.63) is 58.1 Å². The van der Waals surface area contributed by atoms with E-state index in [2.05, 4.69) is 4.99 Å². The summed E-state index contributed by atoms with van der Waals surface area (Å²) in [4.78, 5) is 4.27. The van der Waals surface area contributed by atoms with E-state index in [-0.39, 0.29) is 0 Å². The van der Waals surface area contributed by atoms with Crippen molar-refractivity contribution in [3.63, 3.8) is 0 Å². The van der Waals surface area contributed by atoms with Crippen molar-refractivity contribution in [2.24, 2.45) is 10.7 Å². The summed E-state index contributed by atoms with van der Waals surface area (Å²) >= 11 is 12.1. The van der Waals surface area contributed by atoms with Gasteiger partial charge >= 0.3 is 0 Å². The average molecular weight is 351 g/mol. The summed E-state index contributed by atoms with van der Waals surface area (Å²) in [6.07, 6.45) is 3.43. The number of benzene rings is 2. The van der Waals surface area contributed by atoms with Gasteiger partial charge in [0, 0.05) is 5.02 Å². The van der Waals surface area contributed by atoms with Crippen LogP contribution in [0.3, 0.4) is 0 Å². The second-order valence-corrected chi connectivity index (χ2v) is 5.37. The third-order valence-corrected chi connectivity index (χ3v) is 3.68. The average Bonchev–Trinajstić information content (AvgIpc) is 2.55. The minimum Gasteiger partial charge on any atom is -0.493 e. The number of amidine groups is 1. The Morgan fingerprint density at radius 2 is 1.74 bits per heavy atom. The molecule has 0 aliphatic carbocycles. The summed E-state index contributed by atoms with van der Waals surface area (Å²) in [5, 5.41) is 1.09. The Morgan fingerprint density at radius 1 is 1.04 bits per heavy atom.